The van der Waals surface area contributed by atoms with Gasteiger partial charge in [0.25, 0.3) is 0 Å². The van der Waals surface area contributed by atoms with Crippen LogP contribution in [0.2, 0.25) is 0 Å². The number of hydrogen-bond donors (Lipinski definition) is 1. The number of ether oxygens (including phenoxy) is 1. The van der Waals surface area contributed by atoms with Crippen LogP contribution in [0.4, 0.5) is 13.2 Å². The smallest absolute Gasteiger partial charge is 0.406 e. The van der Waals surface area contributed by atoms with E-state index in [1.54, 1.807) is 12.1 Å². The highest BCUT2D eigenvalue weighted by Crippen LogP contribution is 2.33. The SMILES string of the molecule is CC(C)(C)c1ccc([C@H](c2ccc(OC(F)(F)F)cc2)N2CCNCC2)cc1.Cl.Cl. The highest BCUT2D eigenvalue weighted by molar-refractivity contribution is 5.85. The number of benzene rings is 2. The lowest BCUT2D eigenvalue weighted by atomic mass is 9.85. The van der Waals surface area contributed by atoms with Gasteiger partial charge in [0.05, 0.1) is 6.04 Å². The first-order valence-corrected chi connectivity index (χ1v) is 9.54. The second-order valence-electron chi connectivity index (χ2n) is 8.18. The number of nitrogens with zero attached hydrogens (tertiary/aromatic N) is 1. The number of piperazine rings is 1. The van der Waals surface area contributed by atoms with Crippen molar-refractivity contribution >= 4 is 24.8 Å². The second-order valence-corrected chi connectivity index (χ2v) is 8.18. The zero-order valence-electron chi connectivity index (χ0n) is 17.3. The predicted octanol–water partition coefficient (Wildman–Crippen LogP) is 5.72. The summed E-state index contributed by atoms with van der Waals surface area (Å²) in [6.07, 6.45) is -4.68. The summed E-state index contributed by atoms with van der Waals surface area (Å²) in [6.45, 7) is 10.1. The lowest BCUT2D eigenvalue weighted by Gasteiger charge is -2.36. The maximum absolute atomic E-state index is 12.5. The molecule has 1 atom stereocenters. The zero-order valence-corrected chi connectivity index (χ0v) is 19.0. The fraction of sp³-hybridized carbons (Fsp3) is 0.455. The largest absolute Gasteiger partial charge is 0.573 e. The van der Waals surface area contributed by atoms with Crippen molar-refractivity contribution in [1.82, 2.24) is 10.2 Å². The van der Waals surface area contributed by atoms with E-state index in [1.165, 1.54) is 17.7 Å². The Balaban J connectivity index is 0.00000225. The van der Waals surface area contributed by atoms with Gasteiger partial charge < -0.3 is 10.1 Å². The molecule has 0 amide bonds. The third kappa shape index (κ3) is 7.05. The van der Waals surface area contributed by atoms with Crippen LogP contribution in [0.5, 0.6) is 5.75 Å². The molecule has 1 heterocycles. The van der Waals surface area contributed by atoms with E-state index in [0.717, 1.165) is 37.3 Å². The molecular weight excluding hydrogens is 436 g/mol. The van der Waals surface area contributed by atoms with Gasteiger partial charge in [0.1, 0.15) is 5.75 Å². The molecule has 0 spiro atoms. The molecule has 8 heteroatoms. The van der Waals surface area contributed by atoms with E-state index in [1.807, 2.05) is 0 Å². The van der Waals surface area contributed by atoms with Crippen LogP contribution in [-0.4, -0.2) is 37.4 Å². The van der Waals surface area contributed by atoms with E-state index in [-0.39, 0.29) is 42.0 Å². The maximum Gasteiger partial charge on any atom is 0.573 e. The summed E-state index contributed by atoms with van der Waals surface area (Å²) in [5.41, 5.74) is 3.42. The Morgan fingerprint density at radius 1 is 0.833 bits per heavy atom. The molecule has 0 unspecified atom stereocenters. The van der Waals surface area contributed by atoms with Crippen LogP contribution in [0.3, 0.4) is 0 Å². The fourth-order valence-corrected chi connectivity index (χ4v) is 3.57. The molecule has 168 valence electrons. The van der Waals surface area contributed by atoms with Crippen LogP contribution in [0.25, 0.3) is 0 Å². The Bertz CT molecular complexity index is 769. The van der Waals surface area contributed by atoms with Gasteiger partial charge >= 0.3 is 6.36 Å². The summed E-state index contributed by atoms with van der Waals surface area (Å²) in [6, 6.07) is 14.8. The van der Waals surface area contributed by atoms with E-state index in [4.69, 9.17) is 0 Å². The van der Waals surface area contributed by atoms with Crippen molar-refractivity contribution in [2.24, 2.45) is 0 Å². The molecular formula is C22H29Cl2F3N2O. The summed E-state index contributed by atoms with van der Waals surface area (Å²) in [5, 5.41) is 3.35. The Labute approximate surface area is 188 Å². The van der Waals surface area contributed by atoms with Crippen molar-refractivity contribution in [3.8, 4) is 5.75 Å². The molecule has 0 radical (unpaired) electrons. The standard InChI is InChI=1S/C22H27F3N2O.2ClH/c1-21(2,3)18-8-4-16(5-9-18)20(27-14-12-26-13-15-27)17-6-10-19(11-7-17)28-22(23,24)25;;/h4-11,20,26H,12-15H2,1-3H3;2*1H/t20-;;/m1../s1. The molecule has 0 saturated carbocycles. The zero-order chi connectivity index (χ0) is 20.4. The number of nitrogens with one attached hydrogen (secondary N) is 1. The van der Waals surface area contributed by atoms with Crippen molar-refractivity contribution in [3.05, 3.63) is 65.2 Å². The minimum Gasteiger partial charge on any atom is -0.406 e. The second kappa shape index (κ2) is 10.7. The van der Waals surface area contributed by atoms with Crippen molar-refractivity contribution in [1.29, 1.82) is 0 Å². The van der Waals surface area contributed by atoms with Gasteiger partial charge in [-0.1, -0.05) is 57.2 Å². The van der Waals surface area contributed by atoms with Crippen LogP contribution in [-0.2, 0) is 5.41 Å². The summed E-state index contributed by atoms with van der Waals surface area (Å²) < 4.78 is 41.4. The minimum atomic E-state index is -4.68. The highest BCUT2D eigenvalue weighted by Gasteiger charge is 2.31. The fourth-order valence-electron chi connectivity index (χ4n) is 3.57. The molecule has 3 rings (SSSR count). The van der Waals surface area contributed by atoms with Gasteiger partial charge in [-0.3, -0.25) is 4.90 Å². The third-order valence-corrected chi connectivity index (χ3v) is 5.04. The van der Waals surface area contributed by atoms with Crippen LogP contribution in [0.1, 0.15) is 43.5 Å². The Morgan fingerprint density at radius 2 is 1.30 bits per heavy atom. The molecule has 2 aromatic rings. The topological polar surface area (TPSA) is 24.5 Å². The highest BCUT2D eigenvalue weighted by atomic mass is 35.5. The van der Waals surface area contributed by atoms with Crippen LogP contribution < -0.4 is 10.1 Å². The van der Waals surface area contributed by atoms with Gasteiger partial charge in [-0.25, -0.2) is 0 Å². The van der Waals surface area contributed by atoms with Gasteiger partial charge in [0.2, 0.25) is 0 Å². The Hall–Kier alpha value is -1.47. The van der Waals surface area contributed by atoms with Crippen LogP contribution in [0, 0.1) is 0 Å². The predicted molar refractivity (Wildman–Crippen MR) is 119 cm³/mol. The van der Waals surface area contributed by atoms with Gasteiger partial charge in [-0.05, 0) is 34.2 Å². The van der Waals surface area contributed by atoms with E-state index in [0.29, 0.717) is 0 Å². The molecule has 0 aromatic heterocycles. The molecule has 1 aliphatic rings. The van der Waals surface area contributed by atoms with E-state index in [2.05, 4.69) is 60.0 Å². The molecule has 2 aromatic carbocycles. The van der Waals surface area contributed by atoms with Gasteiger partial charge in [-0.15, -0.1) is 38.0 Å². The molecule has 30 heavy (non-hydrogen) atoms. The monoisotopic (exact) mass is 464 g/mol. The van der Waals surface area contributed by atoms with Crippen LogP contribution >= 0.6 is 24.8 Å². The first kappa shape index (κ1) is 26.6. The molecule has 1 saturated heterocycles. The third-order valence-electron chi connectivity index (χ3n) is 5.04. The van der Waals surface area contributed by atoms with Gasteiger partial charge in [0.15, 0.2) is 0 Å². The molecule has 3 nitrogen and oxygen atoms in total. The lowest BCUT2D eigenvalue weighted by Crippen LogP contribution is -2.45. The van der Waals surface area contributed by atoms with Gasteiger partial charge in [0, 0.05) is 26.2 Å². The van der Waals surface area contributed by atoms with Crippen molar-refractivity contribution in [2.75, 3.05) is 26.2 Å². The summed E-state index contributed by atoms with van der Waals surface area (Å²) in [4.78, 5) is 2.36. The van der Waals surface area contributed by atoms with E-state index in [9.17, 15) is 13.2 Å². The quantitative estimate of drug-likeness (QED) is 0.625. The lowest BCUT2D eigenvalue weighted by molar-refractivity contribution is -0.274. The van der Waals surface area contributed by atoms with Crippen LogP contribution in [0.15, 0.2) is 48.5 Å². The molecule has 0 aliphatic carbocycles. The average molecular weight is 465 g/mol. The molecule has 1 N–H and O–H groups in total. The average Bonchev–Trinajstić information content (AvgIpc) is 2.63. The van der Waals surface area contributed by atoms with Crippen molar-refractivity contribution in [3.63, 3.8) is 0 Å². The van der Waals surface area contributed by atoms with Gasteiger partial charge in [-0.2, -0.15) is 0 Å². The summed E-state index contributed by atoms with van der Waals surface area (Å²) in [5.74, 6) is -0.196. The van der Waals surface area contributed by atoms with E-state index >= 15 is 0 Å². The summed E-state index contributed by atoms with van der Waals surface area (Å²) in [7, 11) is 0. The Kier molecular flexibility index (Phi) is 9.49. The van der Waals surface area contributed by atoms with Crippen molar-refractivity contribution < 1.29 is 17.9 Å². The maximum atomic E-state index is 12.5. The molecule has 1 aliphatic heterocycles. The van der Waals surface area contributed by atoms with Crippen molar-refractivity contribution in [2.45, 2.75) is 38.6 Å². The Morgan fingerprint density at radius 3 is 1.73 bits per heavy atom. The number of halogens is 5. The first-order chi connectivity index (χ1) is 13.1. The number of rotatable bonds is 4. The number of alkyl halides is 3. The molecule has 0 bridgehead atoms. The number of hydrogen-bond acceptors (Lipinski definition) is 3. The first-order valence-electron chi connectivity index (χ1n) is 9.54. The van der Waals surface area contributed by atoms with E-state index < -0.39 is 6.36 Å². The molecule has 1 fully saturated rings. The normalized spacial score (nSPS) is 16.2. The summed E-state index contributed by atoms with van der Waals surface area (Å²) >= 11 is 0. The minimum absolute atomic E-state index is 0.